The molecule has 1 N–H and O–H groups in total. The molecule has 118 valence electrons. The Bertz CT molecular complexity index is 289. The molecule has 1 saturated carbocycles. The molecule has 1 aliphatic rings. The highest BCUT2D eigenvalue weighted by molar-refractivity contribution is 5.72. The van der Waals surface area contributed by atoms with E-state index in [0.29, 0.717) is 5.92 Å². The lowest BCUT2D eigenvalue weighted by atomic mass is 9.78. The van der Waals surface area contributed by atoms with Crippen molar-refractivity contribution < 1.29 is 14.6 Å². The van der Waals surface area contributed by atoms with Crippen molar-refractivity contribution in [3.63, 3.8) is 0 Å². The fraction of sp³-hybridized carbons (Fsp3) is 0.941. The number of aliphatic hydroxyl groups is 1. The number of carbonyl (C=O) groups is 1. The first kappa shape index (κ1) is 17.5. The maximum atomic E-state index is 11.8. The highest BCUT2D eigenvalue weighted by Crippen LogP contribution is 2.33. The second-order valence-electron chi connectivity index (χ2n) is 6.64. The zero-order valence-corrected chi connectivity index (χ0v) is 13.7. The number of esters is 1. The summed E-state index contributed by atoms with van der Waals surface area (Å²) in [5.41, 5.74) is -0.541. The second kappa shape index (κ2) is 8.02. The van der Waals surface area contributed by atoms with Crippen LogP contribution in [0.3, 0.4) is 0 Å². The minimum absolute atomic E-state index is 0.00835. The second-order valence-corrected chi connectivity index (χ2v) is 6.64. The highest BCUT2D eigenvalue weighted by atomic mass is 16.5. The van der Waals surface area contributed by atoms with Crippen LogP contribution in [-0.4, -0.2) is 22.8 Å². The average molecular weight is 284 g/mol. The number of hydrogen-bond donors (Lipinski definition) is 1. The molecule has 0 radical (unpaired) electrons. The molecule has 0 heterocycles. The molecule has 0 bridgehead atoms. The van der Waals surface area contributed by atoms with Gasteiger partial charge in [-0.25, -0.2) is 0 Å². The van der Waals surface area contributed by atoms with E-state index in [4.69, 9.17) is 4.74 Å². The molecule has 3 nitrogen and oxygen atoms in total. The van der Waals surface area contributed by atoms with E-state index in [1.54, 1.807) is 0 Å². The molecule has 0 aromatic heterocycles. The van der Waals surface area contributed by atoms with Gasteiger partial charge in [-0.05, 0) is 64.2 Å². The summed E-state index contributed by atoms with van der Waals surface area (Å²) in [6, 6.07) is 0. The largest absolute Gasteiger partial charge is 0.462 e. The maximum Gasteiger partial charge on any atom is 0.308 e. The number of hydrogen-bond acceptors (Lipinski definition) is 3. The molecule has 1 rings (SSSR count). The monoisotopic (exact) mass is 284 g/mol. The number of carbonyl (C=O) groups excluding carboxylic acids is 1. The van der Waals surface area contributed by atoms with Crippen LogP contribution in [0.5, 0.6) is 0 Å². The Morgan fingerprint density at radius 1 is 1.25 bits per heavy atom. The summed E-state index contributed by atoms with van der Waals surface area (Å²) < 4.78 is 5.63. The van der Waals surface area contributed by atoms with Gasteiger partial charge in [0, 0.05) is 0 Å². The van der Waals surface area contributed by atoms with E-state index < -0.39 is 5.60 Å². The fourth-order valence-electron chi connectivity index (χ4n) is 2.95. The van der Waals surface area contributed by atoms with Crippen molar-refractivity contribution in [2.75, 3.05) is 0 Å². The van der Waals surface area contributed by atoms with Gasteiger partial charge in [0.1, 0.15) is 6.10 Å². The van der Waals surface area contributed by atoms with Crippen molar-refractivity contribution in [2.45, 2.75) is 90.8 Å². The topological polar surface area (TPSA) is 46.5 Å². The van der Waals surface area contributed by atoms with E-state index in [-0.39, 0.29) is 18.0 Å². The van der Waals surface area contributed by atoms with Crippen LogP contribution in [-0.2, 0) is 9.53 Å². The molecule has 0 aliphatic heterocycles. The maximum absolute atomic E-state index is 11.8. The summed E-state index contributed by atoms with van der Waals surface area (Å²) in [4.78, 5) is 11.8. The van der Waals surface area contributed by atoms with Crippen LogP contribution in [0, 0.1) is 11.8 Å². The van der Waals surface area contributed by atoms with Crippen molar-refractivity contribution >= 4 is 5.97 Å². The first-order valence-corrected chi connectivity index (χ1v) is 8.33. The van der Waals surface area contributed by atoms with Gasteiger partial charge in [-0.2, -0.15) is 0 Å². The lowest BCUT2D eigenvalue weighted by Crippen LogP contribution is -2.35. The Hall–Kier alpha value is -0.570. The van der Waals surface area contributed by atoms with Crippen LogP contribution in [0.1, 0.15) is 79.1 Å². The number of rotatable bonds is 5. The standard InChI is InChI=1S/C17H32O3/c1-5-13(3)16(18)20-15-11-7-9-14(10-8-12-15)17(4,19)6-2/h13-15,19H,5-12H2,1-4H3. The predicted octanol–water partition coefficient (Wildman–Crippen LogP) is 4.08. The van der Waals surface area contributed by atoms with Gasteiger partial charge in [0.2, 0.25) is 0 Å². The van der Waals surface area contributed by atoms with E-state index in [1.807, 2.05) is 20.8 Å². The zero-order valence-electron chi connectivity index (χ0n) is 13.7. The molecular formula is C17H32O3. The van der Waals surface area contributed by atoms with Crippen LogP contribution < -0.4 is 0 Å². The minimum atomic E-state index is -0.541. The third-order valence-electron chi connectivity index (χ3n) is 5.05. The van der Waals surface area contributed by atoms with Crippen LogP contribution in [0.4, 0.5) is 0 Å². The van der Waals surface area contributed by atoms with Gasteiger partial charge in [-0.1, -0.05) is 20.8 Å². The third kappa shape index (κ3) is 5.08. The first-order chi connectivity index (χ1) is 9.40. The molecule has 2 atom stereocenters. The van der Waals surface area contributed by atoms with Gasteiger partial charge in [0.25, 0.3) is 0 Å². The van der Waals surface area contributed by atoms with Crippen LogP contribution >= 0.6 is 0 Å². The van der Waals surface area contributed by atoms with Crippen molar-refractivity contribution in [3.8, 4) is 0 Å². The van der Waals surface area contributed by atoms with Crippen molar-refractivity contribution in [2.24, 2.45) is 11.8 Å². The van der Waals surface area contributed by atoms with E-state index in [0.717, 1.165) is 51.4 Å². The van der Waals surface area contributed by atoms with E-state index >= 15 is 0 Å². The van der Waals surface area contributed by atoms with Crippen molar-refractivity contribution in [1.82, 2.24) is 0 Å². The first-order valence-electron chi connectivity index (χ1n) is 8.33. The molecule has 3 heteroatoms. The summed E-state index contributed by atoms with van der Waals surface area (Å²) in [6.45, 7) is 7.95. The Balaban J connectivity index is 2.44. The predicted molar refractivity (Wildman–Crippen MR) is 81.4 cm³/mol. The van der Waals surface area contributed by atoms with Crippen LogP contribution in [0.15, 0.2) is 0 Å². The fourth-order valence-corrected chi connectivity index (χ4v) is 2.95. The summed E-state index contributed by atoms with van der Waals surface area (Å²) >= 11 is 0. The minimum Gasteiger partial charge on any atom is -0.462 e. The normalized spacial score (nSPS) is 28.9. The molecule has 0 aromatic rings. The molecule has 20 heavy (non-hydrogen) atoms. The molecule has 2 unspecified atom stereocenters. The van der Waals surface area contributed by atoms with Gasteiger partial charge < -0.3 is 9.84 Å². The summed E-state index contributed by atoms with van der Waals surface area (Å²) in [5.74, 6) is 0.350. The van der Waals surface area contributed by atoms with Crippen LogP contribution in [0.25, 0.3) is 0 Å². The zero-order chi connectivity index (χ0) is 15.2. The van der Waals surface area contributed by atoms with Crippen molar-refractivity contribution in [3.05, 3.63) is 0 Å². The van der Waals surface area contributed by atoms with Crippen LogP contribution in [0.2, 0.25) is 0 Å². The Morgan fingerprint density at radius 3 is 2.25 bits per heavy atom. The smallest absolute Gasteiger partial charge is 0.308 e. The molecular weight excluding hydrogens is 252 g/mol. The summed E-state index contributed by atoms with van der Waals surface area (Å²) in [5, 5.41) is 10.4. The summed E-state index contributed by atoms with van der Waals surface area (Å²) in [7, 11) is 0. The Kier molecular flexibility index (Phi) is 7.01. The Morgan fingerprint density at radius 2 is 1.80 bits per heavy atom. The van der Waals surface area contributed by atoms with Crippen molar-refractivity contribution in [1.29, 1.82) is 0 Å². The SMILES string of the molecule is CCC(C)C(=O)OC1CCCC(C(C)(O)CC)CCC1. The highest BCUT2D eigenvalue weighted by Gasteiger charge is 2.31. The molecule has 1 aliphatic carbocycles. The average Bonchev–Trinajstić information content (AvgIpc) is 2.40. The molecule has 0 aromatic carbocycles. The van der Waals surface area contributed by atoms with E-state index in [1.165, 1.54) is 0 Å². The van der Waals surface area contributed by atoms with E-state index in [2.05, 4.69) is 6.92 Å². The lowest BCUT2D eigenvalue weighted by molar-refractivity contribution is -0.154. The van der Waals surface area contributed by atoms with E-state index in [9.17, 15) is 9.90 Å². The number of ether oxygens (including phenoxy) is 1. The van der Waals surface area contributed by atoms with Gasteiger partial charge in [-0.3, -0.25) is 4.79 Å². The quantitative estimate of drug-likeness (QED) is 0.774. The third-order valence-corrected chi connectivity index (χ3v) is 5.05. The molecule has 0 spiro atoms. The van der Waals surface area contributed by atoms with Gasteiger partial charge >= 0.3 is 5.97 Å². The molecule has 0 amide bonds. The lowest BCUT2D eigenvalue weighted by Gasteiger charge is -2.34. The van der Waals surface area contributed by atoms with Gasteiger partial charge in [0.05, 0.1) is 11.5 Å². The van der Waals surface area contributed by atoms with Gasteiger partial charge in [-0.15, -0.1) is 0 Å². The molecule has 0 saturated heterocycles. The summed E-state index contributed by atoms with van der Waals surface area (Å²) in [6.07, 6.45) is 7.78. The molecule has 1 fully saturated rings. The van der Waals surface area contributed by atoms with Gasteiger partial charge in [0.15, 0.2) is 0 Å². The Labute approximate surface area is 124 Å².